The highest BCUT2D eigenvalue weighted by Gasteiger charge is 2.31. The number of aromatic nitrogens is 1. The van der Waals surface area contributed by atoms with E-state index < -0.39 is 0 Å². The fourth-order valence-corrected chi connectivity index (χ4v) is 3.79. The first-order valence-corrected chi connectivity index (χ1v) is 9.76. The SMILES string of the molecule is COc1ncccc1C(=O)N1CCCN(Cc2ccc(F)cc2)[C@@H](C(C)C)C1. The number of benzene rings is 1. The lowest BCUT2D eigenvalue weighted by atomic mass is 10.0. The third kappa shape index (κ3) is 4.68. The zero-order valence-corrected chi connectivity index (χ0v) is 16.8. The summed E-state index contributed by atoms with van der Waals surface area (Å²) in [5.41, 5.74) is 1.58. The molecule has 0 radical (unpaired) electrons. The molecule has 28 heavy (non-hydrogen) atoms. The lowest BCUT2D eigenvalue weighted by Gasteiger charge is -2.34. The first kappa shape index (κ1) is 20.3. The summed E-state index contributed by atoms with van der Waals surface area (Å²) in [4.78, 5) is 21.6. The first-order valence-electron chi connectivity index (χ1n) is 9.76. The van der Waals surface area contributed by atoms with E-state index in [0.29, 0.717) is 30.5 Å². The molecule has 1 fully saturated rings. The van der Waals surface area contributed by atoms with Gasteiger partial charge in [0.1, 0.15) is 11.4 Å². The summed E-state index contributed by atoms with van der Waals surface area (Å²) in [6.07, 6.45) is 2.51. The quantitative estimate of drug-likeness (QED) is 0.789. The Morgan fingerprint density at radius 3 is 2.68 bits per heavy atom. The summed E-state index contributed by atoms with van der Waals surface area (Å²) in [6.45, 7) is 7.35. The van der Waals surface area contributed by atoms with E-state index in [1.807, 2.05) is 17.0 Å². The van der Waals surface area contributed by atoms with Crippen LogP contribution < -0.4 is 4.74 Å². The number of hydrogen-bond donors (Lipinski definition) is 0. The monoisotopic (exact) mass is 385 g/mol. The standard InChI is InChI=1S/C22H28FN3O2/c1-16(2)20-15-26(22(27)19-6-4-11-24-21(19)28-3)13-5-12-25(20)14-17-7-9-18(23)10-8-17/h4,6-11,16,20H,5,12-15H2,1-3H3/t20-/m1/s1. The second-order valence-corrected chi connectivity index (χ2v) is 7.57. The van der Waals surface area contributed by atoms with Crippen LogP contribution in [0.3, 0.4) is 0 Å². The first-order chi connectivity index (χ1) is 13.5. The molecule has 0 unspecified atom stereocenters. The Morgan fingerprint density at radius 2 is 2.00 bits per heavy atom. The number of amides is 1. The fourth-order valence-electron chi connectivity index (χ4n) is 3.79. The van der Waals surface area contributed by atoms with E-state index in [1.54, 1.807) is 18.3 Å². The van der Waals surface area contributed by atoms with Crippen molar-refractivity contribution in [1.29, 1.82) is 0 Å². The number of rotatable bonds is 5. The molecule has 1 aromatic heterocycles. The molecule has 1 atom stereocenters. The Labute approximate surface area is 166 Å². The molecule has 1 aliphatic heterocycles. The molecule has 3 rings (SSSR count). The van der Waals surface area contributed by atoms with Gasteiger partial charge in [-0.2, -0.15) is 0 Å². The van der Waals surface area contributed by atoms with Crippen LogP contribution in [0.1, 0.15) is 36.2 Å². The summed E-state index contributed by atoms with van der Waals surface area (Å²) in [5.74, 6) is 0.479. The van der Waals surface area contributed by atoms with Gasteiger partial charge in [0.2, 0.25) is 5.88 Å². The molecule has 0 spiro atoms. The summed E-state index contributed by atoms with van der Waals surface area (Å²) < 4.78 is 18.5. The van der Waals surface area contributed by atoms with Crippen molar-refractivity contribution in [2.75, 3.05) is 26.7 Å². The minimum Gasteiger partial charge on any atom is -0.480 e. The maximum Gasteiger partial charge on any atom is 0.259 e. The Balaban J connectivity index is 1.78. The lowest BCUT2D eigenvalue weighted by molar-refractivity contribution is 0.0698. The van der Waals surface area contributed by atoms with Crippen LogP contribution in [0, 0.1) is 11.7 Å². The van der Waals surface area contributed by atoms with E-state index in [-0.39, 0.29) is 17.8 Å². The van der Waals surface area contributed by atoms with Crippen LogP contribution in [-0.2, 0) is 6.54 Å². The van der Waals surface area contributed by atoms with Crippen molar-refractivity contribution in [3.8, 4) is 5.88 Å². The number of hydrogen-bond acceptors (Lipinski definition) is 4. The highest BCUT2D eigenvalue weighted by atomic mass is 19.1. The number of pyridine rings is 1. The maximum atomic E-state index is 13.2. The average molecular weight is 385 g/mol. The van der Waals surface area contributed by atoms with E-state index in [1.165, 1.54) is 19.2 Å². The molecule has 6 heteroatoms. The van der Waals surface area contributed by atoms with Crippen LogP contribution in [0.5, 0.6) is 5.88 Å². The Morgan fingerprint density at radius 1 is 1.25 bits per heavy atom. The van der Waals surface area contributed by atoms with Crippen LogP contribution in [0.2, 0.25) is 0 Å². The van der Waals surface area contributed by atoms with E-state index in [0.717, 1.165) is 25.1 Å². The Hall–Kier alpha value is -2.47. The smallest absolute Gasteiger partial charge is 0.259 e. The minimum absolute atomic E-state index is 0.0424. The van der Waals surface area contributed by atoms with Crippen LogP contribution >= 0.6 is 0 Å². The topological polar surface area (TPSA) is 45.7 Å². The molecule has 0 aliphatic carbocycles. The van der Waals surface area contributed by atoms with Gasteiger partial charge in [-0.1, -0.05) is 26.0 Å². The predicted molar refractivity (Wildman–Crippen MR) is 107 cm³/mol. The number of carbonyl (C=O) groups excluding carboxylic acids is 1. The van der Waals surface area contributed by atoms with Crippen LogP contribution in [0.4, 0.5) is 4.39 Å². The van der Waals surface area contributed by atoms with Gasteiger partial charge in [-0.25, -0.2) is 9.37 Å². The van der Waals surface area contributed by atoms with E-state index in [4.69, 9.17) is 4.74 Å². The molecular formula is C22H28FN3O2. The number of methoxy groups -OCH3 is 1. The molecular weight excluding hydrogens is 357 g/mol. The van der Waals surface area contributed by atoms with E-state index >= 15 is 0 Å². The van der Waals surface area contributed by atoms with Gasteiger partial charge in [-0.3, -0.25) is 9.69 Å². The molecule has 1 aromatic carbocycles. The molecule has 2 heterocycles. The average Bonchev–Trinajstić information content (AvgIpc) is 2.92. The summed E-state index contributed by atoms with van der Waals surface area (Å²) in [6, 6.07) is 10.4. The fraction of sp³-hybridized carbons (Fsp3) is 0.455. The van der Waals surface area contributed by atoms with Crippen molar-refractivity contribution in [3.05, 3.63) is 59.5 Å². The van der Waals surface area contributed by atoms with Gasteiger partial charge in [0.15, 0.2) is 0 Å². The van der Waals surface area contributed by atoms with Gasteiger partial charge in [-0.05, 0) is 42.2 Å². The van der Waals surface area contributed by atoms with Crippen LogP contribution in [0.25, 0.3) is 0 Å². The largest absolute Gasteiger partial charge is 0.480 e. The number of nitrogens with zero attached hydrogens (tertiary/aromatic N) is 3. The Kier molecular flexibility index (Phi) is 6.62. The third-order valence-electron chi connectivity index (χ3n) is 5.30. The lowest BCUT2D eigenvalue weighted by Crippen LogP contribution is -2.45. The van der Waals surface area contributed by atoms with Crippen molar-refractivity contribution in [1.82, 2.24) is 14.8 Å². The molecule has 1 amide bonds. The van der Waals surface area contributed by atoms with Crippen LogP contribution in [-0.4, -0.2) is 53.5 Å². The second-order valence-electron chi connectivity index (χ2n) is 7.57. The normalized spacial score (nSPS) is 18.2. The van der Waals surface area contributed by atoms with E-state index in [2.05, 4.69) is 23.7 Å². The zero-order chi connectivity index (χ0) is 20.1. The predicted octanol–water partition coefficient (Wildman–Crippen LogP) is 3.60. The van der Waals surface area contributed by atoms with Gasteiger partial charge in [0, 0.05) is 38.4 Å². The van der Waals surface area contributed by atoms with Crippen molar-refractivity contribution in [2.24, 2.45) is 5.92 Å². The summed E-state index contributed by atoms with van der Waals surface area (Å²) >= 11 is 0. The van der Waals surface area contributed by atoms with Crippen molar-refractivity contribution >= 4 is 5.91 Å². The zero-order valence-electron chi connectivity index (χ0n) is 16.8. The Bertz CT molecular complexity index is 795. The summed E-state index contributed by atoms with van der Waals surface area (Å²) in [7, 11) is 1.53. The molecule has 150 valence electrons. The molecule has 2 aromatic rings. The van der Waals surface area contributed by atoms with Crippen molar-refractivity contribution < 1.29 is 13.9 Å². The molecule has 0 saturated carbocycles. The third-order valence-corrected chi connectivity index (χ3v) is 5.30. The number of carbonyl (C=O) groups is 1. The second kappa shape index (κ2) is 9.15. The molecule has 1 aliphatic rings. The van der Waals surface area contributed by atoms with Gasteiger partial charge in [-0.15, -0.1) is 0 Å². The molecule has 0 bridgehead atoms. The number of halogens is 1. The molecule has 0 N–H and O–H groups in total. The van der Waals surface area contributed by atoms with Crippen molar-refractivity contribution in [3.63, 3.8) is 0 Å². The van der Waals surface area contributed by atoms with Crippen molar-refractivity contribution in [2.45, 2.75) is 32.9 Å². The number of ether oxygens (including phenoxy) is 1. The van der Waals surface area contributed by atoms with E-state index in [9.17, 15) is 9.18 Å². The molecule has 1 saturated heterocycles. The van der Waals surface area contributed by atoms with Gasteiger partial charge in [0.05, 0.1) is 7.11 Å². The van der Waals surface area contributed by atoms with Gasteiger partial charge < -0.3 is 9.64 Å². The van der Waals surface area contributed by atoms with Crippen LogP contribution in [0.15, 0.2) is 42.6 Å². The van der Waals surface area contributed by atoms with Gasteiger partial charge >= 0.3 is 0 Å². The molecule has 5 nitrogen and oxygen atoms in total. The highest BCUT2D eigenvalue weighted by molar-refractivity contribution is 5.96. The van der Waals surface area contributed by atoms with Gasteiger partial charge in [0.25, 0.3) is 5.91 Å². The minimum atomic E-state index is -0.220. The summed E-state index contributed by atoms with van der Waals surface area (Å²) in [5, 5.41) is 0. The highest BCUT2D eigenvalue weighted by Crippen LogP contribution is 2.23. The maximum absolute atomic E-state index is 13.2.